The van der Waals surface area contributed by atoms with Crippen molar-refractivity contribution in [1.82, 2.24) is 5.32 Å². The van der Waals surface area contributed by atoms with Crippen LogP contribution in [0.5, 0.6) is 5.75 Å². The fourth-order valence-electron chi connectivity index (χ4n) is 2.31. The first-order chi connectivity index (χ1) is 9.23. The van der Waals surface area contributed by atoms with Gasteiger partial charge in [0, 0.05) is 12.6 Å². The van der Waals surface area contributed by atoms with Crippen LogP contribution >= 0.6 is 0 Å². The summed E-state index contributed by atoms with van der Waals surface area (Å²) in [5.74, 6) is 0.873. The normalized spacial score (nSPS) is 18.7. The fraction of sp³-hybridized carbons (Fsp3) is 0.600. The lowest BCUT2D eigenvalue weighted by Gasteiger charge is -2.41. The van der Waals surface area contributed by atoms with Gasteiger partial charge in [-0.05, 0) is 24.1 Å². The van der Waals surface area contributed by atoms with E-state index in [2.05, 4.69) is 24.4 Å². The van der Waals surface area contributed by atoms with Gasteiger partial charge in [-0.25, -0.2) is 0 Å². The lowest BCUT2D eigenvalue weighted by Crippen LogP contribution is -2.52. The van der Waals surface area contributed by atoms with Crippen LogP contribution in [0.3, 0.4) is 0 Å². The van der Waals surface area contributed by atoms with Crippen LogP contribution in [0, 0.1) is 5.41 Å². The summed E-state index contributed by atoms with van der Waals surface area (Å²) in [5, 5.41) is 13.0. The summed E-state index contributed by atoms with van der Waals surface area (Å²) in [4.78, 5) is 0. The molecule has 1 atom stereocenters. The second-order valence-electron chi connectivity index (χ2n) is 5.27. The van der Waals surface area contributed by atoms with Gasteiger partial charge in [0.2, 0.25) is 0 Å². The monoisotopic (exact) mass is 265 g/mol. The van der Waals surface area contributed by atoms with Gasteiger partial charge in [-0.2, -0.15) is 0 Å². The molecule has 0 amide bonds. The second kappa shape index (κ2) is 6.37. The first-order valence-electron chi connectivity index (χ1n) is 6.79. The van der Waals surface area contributed by atoms with Crippen molar-refractivity contribution in [3.8, 4) is 5.75 Å². The average Bonchev–Trinajstić information content (AvgIpc) is 2.42. The molecule has 1 fully saturated rings. The van der Waals surface area contributed by atoms with Gasteiger partial charge in [-0.15, -0.1) is 0 Å². The Bertz CT molecular complexity index is 381. The van der Waals surface area contributed by atoms with Gasteiger partial charge in [-0.3, -0.25) is 0 Å². The summed E-state index contributed by atoms with van der Waals surface area (Å²) in [5.41, 5.74) is 1.16. The van der Waals surface area contributed by atoms with Crippen LogP contribution in [-0.4, -0.2) is 38.6 Å². The number of rotatable bonds is 7. The molecule has 4 nitrogen and oxygen atoms in total. The number of aliphatic hydroxyl groups is 1. The van der Waals surface area contributed by atoms with E-state index in [1.54, 1.807) is 7.11 Å². The SMILES string of the molecule is CCC(NCC1(CO)COC1)c1ccc(OC)cc1. The van der Waals surface area contributed by atoms with Crippen molar-refractivity contribution in [2.24, 2.45) is 5.41 Å². The maximum absolute atomic E-state index is 9.42. The van der Waals surface area contributed by atoms with Crippen molar-refractivity contribution in [2.75, 3.05) is 33.5 Å². The molecule has 1 aromatic rings. The minimum Gasteiger partial charge on any atom is -0.497 e. The highest BCUT2D eigenvalue weighted by Gasteiger charge is 2.38. The highest BCUT2D eigenvalue weighted by molar-refractivity contribution is 5.29. The molecule has 1 saturated heterocycles. The van der Waals surface area contributed by atoms with E-state index in [1.165, 1.54) is 5.56 Å². The number of benzene rings is 1. The van der Waals surface area contributed by atoms with Crippen molar-refractivity contribution in [3.05, 3.63) is 29.8 Å². The molecule has 2 rings (SSSR count). The first-order valence-corrected chi connectivity index (χ1v) is 6.79. The Kier molecular flexibility index (Phi) is 4.80. The molecular formula is C15H23NO3. The predicted molar refractivity (Wildman–Crippen MR) is 74.4 cm³/mol. The highest BCUT2D eigenvalue weighted by Crippen LogP contribution is 2.28. The standard InChI is InChI=1S/C15H23NO3/c1-3-14(12-4-6-13(18-2)7-5-12)16-8-15(9-17)10-19-11-15/h4-7,14,16-17H,3,8-11H2,1-2H3. The van der Waals surface area contributed by atoms with E-state index < -0.39 is 0 Å². The zero-order valence-electron chi connectivity index (χ0n) is 11.7. The summed E-state index contributed by atoms with van der Waals surface area (Å²) in [6.45, 7) is 4.42. The van der Waals surface area contributed by atoms with Gasteiger partial charge >= 0.3 is 0 Å². The Balaban J connectivity index is 1.95. The van der Waals surface area contributed by atoms with Crippen LogP contribution in [0.2, 0.25) is 0 Å². The number of ether oxygens (including phenoxy) is 2. The topological polar surface area (TPSA) is 50.7 Å². The highest BCUT2D eigenvalue weighted by atomic mass is 16.5. The first kappa shape index (κ1) is 14.3. The predicted octanol–water partition coefficient (Wildman–Crippen LogP) is 1.74. The third-order valence-corrected chi connectivity index (χ3v) is 3.80. The zero-order valence-corrected chi connectivity index (χ0v) is 11.7. The Morgan fingerprint density at radius 1 is 1.37 bits per heavy atom. The van der Waals surface area contributed by atoms with E-state index in [0.717, 1.165) is 18.7 Å². The zero-order chi connectivity index (χ0) is 13.7. The van der Waals surface area contributed by atoms with Crippen LogP contribution in [0.15, 0.2) is 24.3 Å². The molecule has 0 aromatic heterocycles. The average molecular weight is 265 g/mol. The summed E-state index contributed by atoms with van der Waals surface area (Å²) in [6, 6.07) is 8.43. The van der Waals surface area contributed by atoms with Gasteiger partial charge in [-0.1, -0.05) is 19.1 Å². The van der Waals surface area contributed by atoms with E-state index in [0.29, 0.717) is 19.3 Å². The van der Waals surface area contributed by atoms with Gasteiger partial charge in [0.1, 0.15) is 5.75 Å². The van der Waals surface area contributed by atoms with Crippen LogP contribution in [0.25, 0.3) is 0 Å². The number of methoxy groups -OCH3 is 1. The van der Waals surface area contributed by atoms with E-state index in [4.69, 9.17) is 9.47 Å². The quantitative estimate of drug-likeness (QED) is 0.788. The fourth-order valence-corrected chi connectivity index (χ4v) is 2.31. The largest absolute Gasteiger partial charge is 0.497 e. The van der Waals surface area contributed by atoms with Crippen LogP contribution in [-0.2, 0) is 4.74 Å². The molecule has 19 heavy (non-hydrogen) atoms. The number of hydrogen-bond acceptors (Lipinski definition) is 4. The molecule has 106 valence electrons. The number of nitrogens with one attached hydrogen (secondary N) is 1. The molecule has 0 saturated carbocycles. The van der Waals surface area contributed by atoms with Crippen molar-refractivity contribution in [2.45, 2.75) is 19.4 Å². The Hall–Kier alpha value is -1.10. The molecule has 1 aromatic carbocycles. The molecule has 0 spiro atoms. The third-order valence-electron chi connectivity index (χ3n) is 3.80. The molecule has 1 heterocycles. The third kappa shape index (κ3) is 3.26. The summed E-state index contributed by atoms with van der Waals surface area (Å²) < 4.78 is 10.4. The molecule has 0 aliphatic carbocycles. The molecule has 4 heteroatoms. The molecule has 2 N–H and O–H groups in total. The number of hydrogen-bond donors (Lipinski definition) is 2. The summed E-state index contributed by atoms with van der Waals surface area (Å²) >= 11 is 0. The minimum atomic E-state index is -0.0834. The van der Waals surface area contributed by atoms with E-state index in [-0.39, 0.29) is 12.0 Å². The van der Waals surface area contributed by atoms with Gasteiger partial charge in [0.25, 0.3) is 0 Å². The minimum absolute atomic E-state index is 0.0834. The molecule has 1 unspecified atom stereocenters. The van der Waals surface area contributed by atoms with Gasteiger partial charge in [0.05, 0.1) is 32.3 Å². The summed E-state index contributed by atoms with van der Waals surface area (Å²) in [6.07, 6.45) is 1.01. The van der Waals surface area contributed by atoms with E-state index >= 15 is 0 Å². The van der Waals surface area contributed by atoms with Crippen LogP contribution in [0.1, 0.15) is 24.9 Å². The molecule has 0 radical (unpaired) electrons. The molecule has 1 aliphatic rings. The second-order valence-corrected chi connectivity index (χ2v) is 5.27. The van der Waals surface area contributed by atoms with E-state index in [1.807, 2.05) is 12.1 Å². The maximum Gasteiger partial charge on any atom is 0.118 e. The smallest absolute Gasteiger partial charge is 0.118 e. The lowest BCUT2D eigenvalue weighted by atomic mass is 9.86. The Labute approximate surface area is 114 Å². The van der Waals surface area contributed by atoms with Crippen molar-refractivity contribution < 1.29 is 14.6 Å². The molecular weight excluding hydrogens is 242 g/mol. The number of aliphatic hydroxyl groups excluding tert-OH is 1. The lowest BCUT2D eigenvalue weighted by molar-refractivity contribution is -0.135. The van der Waals surface area contributed by atoms with Crippen molar-refractivity contribution in [1.29, 1.82) is 0 Å². The maximum atomic E-state index is 9.42. The Morgan fingerprint density at radius 2 is 2.05 bits per heavy atom. The van der Waals surface area contributed by atoms with Crippen LogP contribution < -0.4 is 10.1 Å². The van der Waals surface area contributed by atoms with E-state index in [9.17, 15) is 5.11 Å². The van der Waals surface area contributed by atoms with Crippen molar-refractivity contribution in [3.63, 3.8) is 0 Å². The Morgan fingerprint density at radius 3 is 2.47 bits per heavy atom. The van der Waals surface area contributed by atoms with Gasteiger partial charge < -0.3 is 19.9 Å². The molecule has 0 bridgehead atoms. The summed E-state index contributed by atoms with van der Waals surface area (Å²) in [7, 11) is 1.67. The molecule has 1 aliphatic heterocycles. The van der Waals surface area contributed by atoms with Crippen LogP contribution in [0.4, 0.5) is 0 Å². The van der Waals surface area contributed by atoms with Crippen molar-refractivity contribution >= 4 is 0 Å². The van der Waals surface area contributed by atoms with Gasteiger partial charge in [0.15, 0.2) is 0 Å².